The van der Waals surface area contributed by atoms with E-state index in [1.54, 1.807) is 0 Å². The van der Waals surface area contributed by atoms with Gasteiger partial charge < -0.3 is 19.7 Å². The van der Waals surface area contributed by atoms with Crippen LogP contribution in [0.4, 0.5) is 33.7 Å². The van der Waals surface area contributed by atoms with Gasteiger partial charge in [0.2, 0.25) is 0 Å². The van der Waals surface area contributed by atoms with Crippen molar-refractivity contribution in [2.75, 3.05) is 37.5 Å². The van der Waals surface area contributed by atoms with Crippen LogP contribution in [-0.4, -0.2) is 56.0 Å². The molecule has 0 radical (unpaired) electrons. The third kappa shape index (κ3) is 9.43. The van der Waals surface area contributed by atoms with E-state index in [0.717, 1.165) is 55.2 Å². The summed E-state index contributed by atoms with van der Waals surface area (Å²) in [6.45, 7) is 1.93. The van der Waals surface area contributed by atoms with Gasteiger partial charge in [0.25, 0.3) is 11.8 Å². The van der Waals surface area contributed by atoms with E-state index < -0.39 is 48.0 Å². The SMILES string of the molecule is CCCCCOC(=O)COc1cc(N2C(=O)C3=C(CCCC3)C2=O)c(F)cc1Cl.CN(C)C(=O)Nc1cccc(C(F)(F)F)c1. The number of benzene rings is 2. The van der Waals surface area contributed by atoms with Gasteiger partial charge in [-0.1, -0.05) is 37.4 Å². The molecular formula is C31H34ClF4N3O6. The fraction of sp³-hybridized carbons (Fsp3) is 0.419. The van der Waals surface area contributed by atoms with Crippen LogP contribution in [0, 0.1) is 5.82 Å². The van der Waals surface area contributed by atoms with E-state index in [9.17, 15) is 36.7 Å². The van der Waals surface area contributed by atoms with Crippen molar-refractivity contribution >= 4 is 46.8 Å². The van der Waals surface area contributed by atoms with Gasteiger partial charge >= 0.3 is 18.2 Å². The first-order valence-electron chi connectivity index (χ1n) is 14.3. The molecule has 14 heteroatoms. The van der Waals surface area contributed by atoms with Gasteiger partial charge in [-0.25, -0.2) is 18.9 Å². The average molecular weight is 656 g/mol. The number of imide groups is 1. The topological polar surface area (TPSA) is 105 Å². The van der Waals surface area contributed by atoms with Crippen molar-refractivity contribution in [2.45, 2.75) is 58.0 Å². The summed E-state index contributed by atoms with van der Waals surface area (Å²) in [4.78, 5) is 50.4. The third-order valence-corrected chi connectivity index (χ3v) is 7.13. The standard InChI is InChI=1S/C21H23ClFNO5.C10H11F3N2O/c1-2-3-6-9-28-19(25)12-29-18-11-17(16(23)10-15(18)22)24-20(26)13-7-4-5-8-14(13)21(24)27;1-15(2)9(16)14-8-5-3-4-7(6-8)10(11,12)13/h10-11H,2-9,12H2,1H3;3-6H,1-2H3,(H,14,16). The van der Waals surface area contributed by atoms with E-state index in [0.29, 0.717) is 30.6 Å². The first-order chi connectivity index (χ1) is 21.2. The van der Waals surface area contributed by atoms with Gasteiger partial charge in [-0.2, -0.15) is 13.2 Å². The van der Waals surface area contributed by atoms with Crippen molar-refractivity contribution in [3.8, 4) is 5.75 Å². The highest BCUT2D eigenvalue weighted by molar-refractivity contribution is 6.34. The van der Waals surface area contributed by atoms with Crippen molar-refractivity contribution in [1.82, 2.24) is 4.90 Å². The highest BCUT2D eigenvalue weighted by Gasteiger charge is 2.41. The van der Waals surface area contributed by atoms with Crippen molar-refractivity contribution in [3.05, 3.63) is 63.9 Å². The Morgan fingerprint density at radius 3 is 2.24 bits per heavy atom. The lowest BCUT2D eigenvalue weighted by atomic mass is 9.93. The van der Waals surface area contributed by atoms with Crippen molar-refractivity contribution < 1.29 is 46.2 Å². The molecule has 1 aliphatic carbocycles. The summed E-state index contributed by atoms with van der Waals surface area (Å²) in [7, 11) is 3.01. The maximum absolute atomic E-state index is 14.5. The molecule has 244 valence electrons. The molecule has 0 atom stereocenters. The minimum absolute atomic E-state index is 0.000883. The second-order valence-electron chi connectivity index (χ2n) is 10.5. The number of unbranched alkanes of at least 4 members (excludes halogenated alkanes) is 2. The van der Waals surface area contributed by atoms with Gasteiger partial charge in [0.05, 0.1) is 22.9 Å². The molecule has 9 nitrogen and oxygen atoms in total. The molecule has 1 N–H and O–H groups in total. The zero-order chi connectivity index (χ0) is 33.3. The van der Waals surface area contributed by atoms with Crippen molar-refractivity contribution in [1.29, 1.82) is 0 Å². The Morgan fingerprint density at radius 1 is 1.02 bits per heavy atom. The quantitative estimate of drug-likeness (QED) is 0.133. The van der Waals surface area contributed by atoms with Crippen LogP contribution in [0.5, 0.6) is 5.75 Å². The number of ether oxygens (including phenoxy) is 2. The van der Waals surface area contributed by atoms with Crippen LogP contribution in [0.3, 0.4) is 0 Å². The van der Waals surface area contributed by atoms with E-state index in [-0.39, 0.29) is 22.1 Å². The van der Waals surface area contributed by atoms with Crippen LogP contribution < -0.4 is 15.0 Å². The summed E-state index contributed by atoms with van der Waals surface area (Å²) in [5.41, 5.74) is 0.00476. The predicted molar refractivity (Wildman–Crippen MR) is 160 cm³/mol. The number of nitrogens with one attached hydrogen (secondary N) is 1. The van der Waals surface area contributed by atoms with E-state index >= 15 is 0 Å². The highest BCUT2D eigenvalue weighted by atomic mass is 35.5. The summed E-state index contributed by atoms with van der Waals surface area (Å²) in [6, 6.07) is 6.16. The monoisotopic (exact) mass is 655 g/mol. The Balaban J connectivity index is 0.000000292. The minimum atomic E-state index is -4.40. The van der Waals surface area contributed by atoms with Crippen LogP contribution in [-0.2, 0) is 25.3 Å². The number of carbonyl (C=O) groups excluding carboxylic acids is 4. The zero-order valence-corrected chi connectivity index (χ0v) is 25.8. The number of urea groups is 1. The number of hydrogen-bond donors (Lipinski definition) is 1. The van der Waals surface area contributed by atoms with Gasteiger partial charge in [-0.3, -0.25) is 9.59 Å². The first-order valence-corrected chi connectivity index (χ1v) is 14.7. The fourth-order valence-electron chi connectivity index (χ4n) is 4.48. The molecule has 4 rings (SSSR count). The molecule has 0 unspecified atom stereocenters. The lowest BCUT2D eigenvalue weighted by Gasteiger charge is -2.18. The molecule has 2 aromatic rings. The maximum Gasteiger partial charge on any atom is 0.416 e. The number of halogens is 5. The largest absolute Gasteiger partial charge is 0.480 e. The number of esters is 1. The Morgan fingerprint density at radius 2 is 1.67 bits per heavy atom. The maximum atomic E-state index is 14.5. The number of hydrogen-bond acceptors (Lipinski definition) is 6. The number of amides is 4. The van der Waals surface area contributed by atoms with Gasteiger partial charge in [0.1, 0.15) is 11.6 Å². The molecule has 2 aromatic carbocycles. The summed E-state index contributed by atoms with van der Waals surface area (Å²) in [5, 5.41) is 2.27. The lowest BCUT2D eigenvalue weighted by Crippen LogP contribution is -2.32. The van der Waals surface area contributed by atoms with Crippen LogP contribution in [0.15, 0.2) is 47.5 Å². The molecule has 0 bridgehead atoms. The Kier molecular flexibility index (Phi) is 12.4. The van der Waals surface area contributed by atoms with E-state index in [1.807, 2.05) is 6.92 Å². The molecule has 1 aliphatic heterocycles. The highest BCUT2D eigenvalue weighted by Crippen LogP contribution is 2.39. The third-order valence-electron chi connectivity index (χ3n) is 6.84. The summed E-state index contributed by atoms with van der Waals surface area (Å²) in [5.74, 6) is -2.40. The van der Waals surface area contributed by atoms with Crippen LogP contribution >= 0.6 is 11.6 Å². The summed E-state index contributed by atoms with van der Waals surface area (Å²) in [6.07, 6.45) is 0.996. The summed E-state index contributed by atoms with van der Waals surface area (Å²) < 4.78 is 62.0. The smallest absolute Gasteiger partial charge is 0.416 e. The van der Waals surface area contributed by atoms with Gasteiger partial charge in [0, 0.05) is 37.0 Å². The Hall–Kier alpha value is -4.13. The molecule has 0 spiro atoms. The lowest BCUT2D eigenvalue weighted by molar-refractivity contribution is -0.146. The number of nitrogens with zero attached hydrogens (tertiary/aromatic N) is 2. The fourth-order valence-corrected chi connectivity index (χ4v) is 4.69. The number of rotatable bonds is 9. The molecule has 0 saturated carbocycles. The number of anilines is 2. The molecule has 1 heterocycles. The van der Waals surface area contributed by atoms with Crippen LogP contribution in [0.2, 0.25) is 5.02 Å². The molecule has 0 fully saturated rings. The van der Waals surface area contributed by atoms with Crippen molar-refractivity contribution in [3.63, 3.8) is 0 Å². The predicted octanol–water partition coefficient (Wildman–Crippen LogP) is 7.13. The van der Waals surface area contributed by atoms with Gasteiger partial charge in [-0.15, -0.1) is 0 Å². The summed E-state index contributed by atoms with van der Waals surface area (Å²) >= 11 is 6.02. The average Bonchev–Trinajstić information content (AvgIpc) is 3.24. The molecule has 0 aromatic heterocycles. The number of carbonyl (C=O) groups is 4. The second kappa shape index (κ2) is 15.7. The van der Waals surface area contributed by atoms with Crippen molar-refractivity contribution in [2.24, 2.45) is 0 Å². The Labute approximate surface area is 263 Å². The normalized spacial score (nSPS) is 14.4. The van der Waals surface area contributed by atoms with Crippen LogP contribution in [0.1, 0.15) is 57.4 Å². The first kappa shape index (κ1) is 35.4. The van der Waals surface area contributed by atoms with E-state index in [1.165, 1.54) is 37.2 Å². The van der Waals surface area contributed by atoms with Crippen LogP contribution in [0.25, 0.3) is 0 Å². The molecule has 45 heavy (non-hydrogen) atoms. The minimum Gasteiger partial charge on any atom is -0.480 e. The zero-order valence-electron chi connectivity index (χ0n) is 25.1. The van der Waals surface area contributed by atoms with Gasteiger partial charge in [0.15, 0.2) is 6.61 Å². The molecular weight excluding hydrogens is 622 g/mol. The number of alkyl halides is 3. The molecule has 0 saturated heterocycles. The van der Waals surface area contributed by atoms with E-state index in [4.69, 9.17) is 21.1 Å². The van der Waals surface area contributed by atoms with Gasteiger partial charge in [-0.05, 0) is 56.4 Å². The molecule has 2 aliphatic rings. The Bertz CT molecular complexity index is 1430. The second-order valence-corrected chi connectivity index (χ2v) is 10.9. The van der Waals surface area contributed by atoms with E-state index in [2.05, 4.69) is 5.32 Å². The molecule has 4 amide bonds.